The zero-order chi connectivity index (χ0) is 13.0. The van der Waals surface area contributed by atoms with E-state index in [0.29, 0.717) is 22.9 Å². The Morgan fingerprint density at radius 2 is 2.17 bits per heavy atom. The van der Waals surface area contributed by atoms with Crippen molar-refractivity contribution in [3.8, 4) is 11.5 Å². The van der Waals surface area contributed by atoms with Crippen molar-refractivity contribution >= 4 is 11.6 Å². The van der Waals surface area contributed by atoms with Gasteiger partial charge in [-0.05, 0) is 12.1 Å². The summed E-state index contributed by atoms with van der Waals surface area (Å²) in [4.78, 5) is 18.4. The molecule has 0 saturated heterocycles. The molecule has 6 nitrogen and oxygen atoms in total. The average Bonchev–Trinajstić information content (AvgIpc) is 2.92. The highest BCUT2D eigenvalue weighted by atomic mass is 16.5. The number of anilines is 1. The average molecular weight is 247 g/mol. The highest BCUT2D eigenvalue weighted by molar-refractivity contribution is 6.03. The first-order valence-corrected chi connectivity index (χ1v) is 5.26. The molecule has 0 atom stereocenters. The Labute approximate surface area is 104 Å². The van der Waals surface area contributed by atoms with Crippen LogP contribution in [-0.4, -0.2) is 30.1 Å². The van der Waals surface area contributed by atoms with Gasteiger partial charge in [-0.25, -0.2) is 4.98 Å². The SMILES string of the molecule is COc1ccc(OC)c(NC(=O)c2cnc[nH]2)c1. The molecule has 0 aliphatic heterocycles. The maximum absolute atomic E-state index is 11.9. The second kappa shape index (κ2) is 5.22. The fraction of sp³-hybridized carbons (Fsp3) is 0.167. The van der Waals surface area contributed by atoms with Gasteiger partial charge in [-0.15, -0.1) is 0 Å². The molecule has 6 heteroatoms. The van der Waals surface area contributed by atoms with Crippen LogP contribution in [0.4, 0.5) is 5.69 Å². The molecule has 0 radical (unpaired) electrons. The zero-order valence-corrected chi connectivity index (χ0v) is 10.1. The monoisotopic (exact) mass is 247 g/mol. The number of H-pyrrole nitrogens is 1. The molecule has 2 aromatic rings. The number of rotatable bonds is 4. The molecule has 1 heterocycles. The van der Waals surface area contributed by atoms with Gasteiger partial charge in [0.1, 0.15) is 17.2 Å². The topological polar surface area (TPSA) is 76.2 Å². The van der Waals surface area contributed by atoms with Gasteiger partial charge >= 0.3 is 0 Å². The first-order chi connectivity index (χ1) is 8.74. The summed E-state index contributed by atoms with van der Waals surface area (Å²) < 4.78 is 10.3. The van der Waals surface area contributed by atoms with Crippen molar-refractivity contribution < 1.29 is 14.3 Å². The Morgan fingerprint density at radius 3 is 2.78 bits per heavy atom. The standard InChI is InChI=1S/C12H13N3O3/c1-17-8-3-4-11(18-2)9(5-8)15-12(16)10-6-13-7-14-10/h3-7H,1-2H3,(H,13,14)(H,15,16). The van der Waals surface area contributed by atoms with Crippen LogP contribution in [0.25, 0.3) is 0 Å². The van der Waals surface area contributed by atoms with E-state index in [-0.39, 0.29) is 5.91 Å². The predicted molar refractivity (Wildman–Crippen MR) is 66.1 cm³/mol. The van der Waals surface area contributed by atoms with E-state index in [1.807, 2.05) is 0 Å². The lowest BCUT2D eigenvalue weighted by Crippen LogP contribution is -2.13. The number of aromatic nitrogens is 2. The minimum absolute atomic E-state index is 0.293. The largest absolute Gasteiger partial charge is 0.497 e. The van der Waals surface area contributed by atoms with Gasteiger partial charge in [0.25, 0.3) is 5.91 Å². The van der Waals surface area contributed by atoms with Crippen molar-refractivity contribution in [3.05, 3.63) is 36.4 Å². The lowest BCUT2D eigenvalue weighted by Gasteiger charge is -2.10. The van der Waals surface area contributed by atoms with E-state index < -0.39 is 0 Å². The van der Waals surface area contributed by atoms with Crippen LogP contribution in [0.1, 0.15) is 10.5 Å². The van der Waals surface area contributed by atoms with Crippen molar-refractivity contribution in [1.82, 2.24) is 9.97 Å². The second-order valence-corrected chi connectivity index (χ2v) is 3.49. The molecule has 1 aromatic heterocycles. The lowest BCUT2D eigenvalue weighted by molar-refractivity contribution is 0.102. The third-order valence-corrected chi connectivity index (χ3v) is 2.40. The molecule has 1 aromatic carbocycles. The summed E-state index contributed by atoms with van der Waals surface area (Å²) in [6, 6.07) is 5.17. The summed E-state index contributed by atoms with van der Waals surface area (Å²) >= 11 is 0. The Kier molecular flexibility index (Phi) is 3.47. The number of nitrogens with one attached hydrogen (secondary N) is 2. The highest BCUT2D eigenvalue weighted by Gasteiger charge is 2.11. The van der Waals surface area contributed by atoms with Crippen LogP contribution in [0.15, 0.2) is 30.7 Å². The van der Waals surface area contributed by atoms with Gasteiger partial charge in [0.2, 0.25) is 0 Å². The smallest absolute Gasteiger partial charge is 0.273 e. The first-order valence-electron chi connectivity index (χ1n) is 5.26. The molecule has 2 rings (SSSR count). The van der Waals surface area contributed by atoms with Gasteiger partial charge in [0.15, 0.2) is 0 Å². The van der Waals surface area contributed by atoms with Crippen molar-refractivity contribution in [2.45, 2.75) is 0 Å². The number of hydrogen-bond donors (Lipinski definition) is 2. The summed E-state index contributed by atoms with van der Waals surface area (Å²) in [5.41, 5.74) is 0.913. The maximum atomic E-state index is 11.9. The highest BCUT2D eigenvalue weighted by Crippen LogP contribution is 2.29. The predicted octanol–water partition coefficient (Wildman–Crippen LogP) is 1.68. The van der Waals surface area contributed by atoms with Gasteiger partial charge < -0.3 is 19.8 Å². The fourth-order valence-electron chi connectivity index (χ4n) is 1.48. The van der Waals surface area contributed by atoms with E-state index in [1.54, 1.807) is 25.3 Å². The summed E-state index contributed by atoms with van der Waals surface area (Å²) in [6.07, 6.45) is 2.89. The van der Waals surface area contributed by atoms with Crippen molar-refractivity contribution in [1.29, 1.82) is 0 Å². The van der Waals surface area contributed by atoms with E-state index in [0.717, 1.165) is 0 Å². The van der Waals surface area contributed by atoms with Crippen LogP contribution in [0.5, 0.6) is 11.5 Å². The third kappa shape index (κ3) is 2.42. The number of nitrogens with zero attached hydrogens (tertiary/aromatic N) is 1. The number of carbonyl (C=O) groups is 1. The van der Waals surface area contributed by atoms with E-state index in [1.165, 1.54) is 19.6 Å². The van der Waals surface area contributed by atoms with Crippen LogP contribution in [-0.2, 0) is 0 Å². The second-order valence-electron chi connectivity index (χ2n) is 3.49. The molecule has 2 N–H and O–H groups in total. The van der Waals surface area contributed by atoms with Crippen LogP contribution in [0.2, 0.25) is 0 Å². The molecule has 94 valence electrons. The normalized spacial score (nSPS) is 9.89. The number of ether oxygens (including phenoxy) is 2. The quantitative estimate of drug-likeness (QED) is 0.861. The molecule has 0 bridgehead atoms. The van der Waals surface area contributed by atoms with E-state index in [9.17, 15) is 4.79 Å². The van der Waals surface area contributed by atoms with Crippen LogP contribution >= 0.6 is 0 Å². The first kappa shape index (κ1) is 12.0. The van der Waals surface area contributed by atoms with E-state index in [4.69, 9.17) is 9.47 Å². The molecule has 0 aliphatic rings. The summed E-state index contributed by atoms with van der Waals surface area (Å²) in [6.45, 7) is 0. The summed E-state index contributed by atoms with van der Waals surface area (Å²) in [5, 5.41) is 2.72. The number of benzene rings is 1. The van der Waals surface area contributed by atoms with Crippen molar-refractivity contribution in [3.63, 3.8) is 0 Å². The van der Waals surface area contributed by atoms with E-state index >= 15 is 0 Å². The Bertz CT molecular complexity index is 538. The summed E-state index contributed by atoms with van der Waals surface area (Å²) in [5.74, 6) is 0.901. The Hall–Kier alpha value is -2.50. The number of carbonyl (C=O) groups excluding carboxylic acids is 1. The van der Waals surface area contributed by atoms with E-state index in [2.05, 4.69) is 15.3 Å². The van der Waals surface area contributed by atoms with Gasteiger partial charge in [-0.2, -0.15) is 0 Å². The number of amides is 1. The molecular weight excluding hydrogens is 234 g/mol. The molecule has 0 aliphatic carbocycles. The molecule has 18 heavy (non-hydrogen) atoms. The number of imidazole rings is 1. The molecule has 0 fully saturated rings. The third-order valence-electron chi connectivity index (χ3n) is 2.40. The molecule has 0 spiro atoms. The Morgan fingerprint density at radius 1 is 1.33 bits per heavy atom. The van der Waals surface area contributed by atoms with Crippen molar-refractivity contribution in [2.75, 3.05) is 19.5 Å². The fourth-order valence-corrected chi connectivity index (χ4v) is 1.48. The van der Waals surface area contributed by atoms with Gasteiger partial charge in [0, 0.05) is 6.07 Å². The van der Waals surface area contributed by atoms with Gasteiger partial charge in [-0.3, -0.25) is 4.79 Å². The van der Waals surface area contributed by atoms with Gasteiger partial charge in [-0.1, -0.05) is 0 Å². The maximum Gasteiger partial charge on any atom is 0.273 e. The summed E-state index contributed by atoms with van der Waals surface area (Å²) in [7, 11) is 3.09. The molecular formula is C12H13N3O3. The molecule has 1 amide bonds. The molecule has 0 saturated carbocycles. The number of hydrogen-bond acceptors (Lipinski definition) is 4. The van der Waals surface area contributed by atoms with Crippen LogP contribution in [0.3, 0.4) is 0 Å². The number of aromatic amines is 1. The van der Waals surface area contributed by atoms with Crippen molar-refractivity contribution in [2.24, 2.45) is 0 Å². The number of methoxy groups -OCH3 is 2. The van der Waals surface area contributed by atoms with Crippen LogP contribution < -0.4 is 14.8 Å². The minimum atomic E-state index is -0.293. The lowest BCUT2D eigenvalue weighted by atomic mass is 10.2. The molecule has 0 unspecified atom stereocenters. The van der Waals surface area contributed by atoms with Gasteiger partial charge in [0.05, 0.1) is 32.4 Å². The Balaban J connectivity index is 2.24. The van der Waals surface area contributed by atoms with Crippen LogP contribution in [0, 0.1) is 0 Å². The zero-order valence-electron chi connectivity index (χ0n) is 10.1. The minimum Gasteiger partial charge on any atom is -0.497 e.